The highest BCUT2D eigenvalue weighted by Crippen LogP contribution is 2.34. The van der Waals surface area contributed by atoms with Gasteiger partial charge in [0.15, 0.2) is 0 Å². The fourth-order valence-electron chi connectivity index (χ4n) is 1.86. The first-order valence-corrected chi connectivity index (χ1v) is 5.67. The van der Waals surface area contributed by atoms with Crippen molar-refractivity contribution in [2.45, 2.75) is 26.7 Å². The molecule has 1 atom stereocenters. The van der Waals surface area contributed by atoms with Gasteiger partial charge >= 0.3 is 5.97 Å². The van der Waals surface area contributed by atoms with E-state index in [1.165, 1.54) is 23.4 Å². The van der Waals surface area contributed by atoms with E-state index in [2.05, 4.69) is 25.5 Å². The minimum atomic E-state index is -0.897. The first-order valence-electron chi connectivity index (χ1n) is 5.67. The maximum Gasteiger partial charge on any atom is 0.311 e. The van der Waals surface area contributed by atoms with E-state index in [0.29, 0.717) is 11.5 Å². The zero-order valence-electron chi connectivity index (χ0n) is 10.8. The van der Waals surface area contributed by atoms with E-state index in [1.54, 1.807) is 0 Å². The van der Waals surface area contributed by atoms with Gasteiger partial charge in [0.05, 0.1) is 5.92 Å². The van der Waals surface area contributed by atoms with Crippen molar-refractivity contribution in [3.8, 4) is 5.95 Å². The number of carboxylic acid groups (broad SMARTS) is 1. The maximum absolute atomic E-state index is 11.4. The van der Waals surface area contributed by atoms with Gasteiger partial charge in [-0.2, -0.15) is 4.68 Å². The third-order valence-electron chi connectivity index (χ3n) is 2.66. The van der Waals surface area contributed by atoms with Gasteiger partial charge in [-0.25, -0.2) is 9.97 Å². The van der Waals surface area contributed by atoms with Gasteiger partial charge in [-0.15, -0.1) is 5.10 Å². The summed E-state index contributed by atoms with van der Waals surface area (Å²) in [5.74, 6) is -1.27. The third kappa shape index (κ3) is 2.72. The van der Waals surface area contributed by atoms with Crippen molar-refractivity contribution in [3.05, 3.63) is 24.3 Å². The van der Waals surface area contributed by atoms with Crippen LogP contribution < -0.4 is 0 Å². The van der Waals surface area contributed by atoms with E-state index in [4.69, 9.17) is 0 Å². The molecule has 1 N–H and O–H groups in total. The van der Waals surface area contributed by atoms with Gasteiger partial charge < -0.3 is 5.11 Å². The molecule has 0 saturated heterocycles. The van der Waals surface area contributed by atoms with Gasteiger partial charge in [0.2, 0.25) is 0 Å². The number of aliphatic carboxylic acids is 1. The first kappa shape index (κ1) is 13.1. The molecule has 2 rings (SSSR count). The molecule has 0 saturated carbocycles. The number of carbonyl (C=O) groups is 1. The molecule has 19 heavy (non-hydrogen) atoms. The lowest BCUT2D eigenvalue weighted by Gasteiger charge is -2.26. The zero-order valence-corrected chi connectivity index (χ0v) is 10.8. The Morgan fingerprint density at radius 1 is 1.32 bits per heavy atom. The van der Waals surface area contributed by atoms with Crippen LogP contribution in [-0.2, 0) is 4.79 Å². The van der Waals surface area contributed by atoms with Gasteiger partial charge in [0.1, 0.15) is 6.33 Å². The Labute approximate surface area is 109 Å². The molecule has 0 bridgehead atoms. The smallest absolute Gasteiger partial charge is 0.311 e. The molecule has 1 unspecified atom stereocenters. The number of carboxylic acids is 1. The third-order valence-corrected chi connectivity index (χ3v) is 2.66. The Morgan fingerprint density at radius 3 is 2.37 bits per heavy atom. The summed E-state index contributed by atoms with van der Waals surface area (Å²) in [6.07, 6.45) is 4.36. The second-order valence-corrected chi connectivity index (χ2v) is 5.21. The van der Waals surface area contributed by atoms with E-state index in [0.717, 1.165) is 0 Å². The van der Waals surface area contributed by atoms with Crippen LogP contribution in [0.15, 0.2) is 18.7 Å². The van der Waals surface area contributed by atoms with Crippen molar-refractivity contribution >= 4 is 5.97 Å². The molecule has 0 aliphatic heterocycles. The van der Waals surface area contributed by atoms with Gasteiger partial charge in [-0.05, 0) is 15.8 Å². The zero-order chi connectivity index (χ0) is 14.0. The van der Waals surface area contributed by atoms with Crippen LogP contribution in [0.1, 0.15) is 32.3 Å². The summed E-state index contributed by atoms with van der Waals surface area (Å²) in [6, 6.07) is 0. The van der Waals surface area contributed by atoms with Crippen molar-refractivity contribution < 1.29 is 9.90 Å². The van der Waals surface area contributed by atoms with Crippen molar-refractivity contribution in [3.63, 3.8) is 0 Å². The molecule has 0 radical (unpaired) electrons. The van der Waals surface area contributed by atoms with Crippen LogP contribution in [0.2, 0.25) is 0 Å². The fraction of sp³-hybridized carbons (Fsp3) is 0.455. The molecule has 2 aromatic heterocycles. The molecule has 0 aromatic carbocycles. The highest BCUT2D eigenvalue weighted by atomic mass is 16.4. The van der Waals surface area contributed by atoms with Crippen LogP contribution in [0.25, 0.3) is 5.95 Å². The molecule has 0 spiro atoms. The Hall–Kier alpha value is -2.38. The molecule has 2 aromatic rings. The molecule has 100 valence electrons. The summed E-state index contributed by atoms with van der Waals surface area (Å²) in [5, 5.41) is 19.9. The Balaban J connectivity index is 2.34. The lowest BCUT2D eigenvalue weighted by molar-refractivity contribution is -0.141. The number of tetrazole rings is 1. The minimum Gasteiger partial charge on any atom is -0.481 e. The highest BCUT2D eigenvalue weighted by molar-refractivity contribution is 5.76. The van der Waals surface area contributed by atoms with Gasteiger partial charge in [-0.1, -0.05) is 20.8 Å². The van der Waals surface area contributed by atoms with Crippen molar-refractivity contribution in [1.29, 1.82) is 0 Å². The summed E-state index contributed by atoms with van der Waals surface area (Å²) < 4.78 is 1.30. The van der Waals surface area contributed by atoms with E-state index in [9.17, 15) is 9.90 Å². The highest BCUT2D eigenvalue weighted by Gasteiger charge is 2.33. The molecule has 0 aliphatic rings. The lowest BCUT2D eigenvalue weighted by Crippen LogP contribution is -2.26. The summed E-state index contributed by atoms with van der Waals surface area (Å²) >= 11 is 0. The van der Waals surface area contributed by atoms with Crippen molar-refractivity contribution in [1.82, 2.24) is 30.2 Å². The van der Waals surface area contributed by atoms with E-state index in [1.807, 2.05) is 20.8 Å². The predicted molar refractivity (Wildman–Crippen MR) is 64.6 cm³/mol. The second kappa shape index (κ2) is 4.71. The summed E-state index contributed by atoms with van der Waals surface area (Å²) in [7, 11) is 0. The van der Waals surface area contributed by atoms with Crippen LogP contribution in [0.3, 0.4) is 0 Å². The SMILES string of the molecule is CC(C)(C)C(C(=O)O)c1cnc(-n2cnnn2)nc1. The Kier molecular flexibility index (Phi) is 3.24. The standard InChI is InChI=1S/C11H14N6O2/c1-11(2,3)8(9(18)19)7-4-12-10(13-5-7)17-6-14-15-16-17/h4-6,8H,1-3H3,(H,18,19). The molecule has 8 heteroatoms. The second-order valence-electron chi connectivity index (χ2n) is 5.21. The van der Waals surface area contributed by atoms with Crippen LogP contribution in [-0.4, -0.2) is 41.3 Å². The fourth-order valence-corrected chi connectivity index (χ4v) is 1.86. The minimum absolute atomic E-state index is 0.298. The van der Waals surface area contributed by atoms with Crippen LogP contribution in [0.5, 0.6) is 0 Å². The number of hydrogen-bond acceptors (Lipinski definition) is 6. The van der Waals surface area contributed by atoms with Gasteiger partial charge in [-0.3, -0.25) is 4.79 Å². The molecule has 2 heterocycles. The summed E-state index contributed by atoms with van der Waals surface area (Å²) in [6.45, 7) is 5.59. The monoisotopic (exact) mass is 262 g/mol. The maximum atomic E-state index is 11.4. The van der Waals surface area contributed by atoms with Crippen LogP contribution in [0, 0.1) is 5.41 Å². The average molecular weight is 262 g/mol. The van der Waals surface area contributed by atoms with Crippen molar-refractivity contribution in [2.24, 2.45) is 5.41 Å². The van der Waals surface area contributed by atoms with E-state index < -0.39 is 17.3 Å². The Bertz CT molecular complexity index is 558. The van der Waals surface area contributed by atoms with Crippen LogP contribution in [0.4, 0.5) is 0 Å². The number of aromatic nitrogens is 6. The van der Waals surface area contributed by atoms with Gasteiger partial charge in [0, 0.05) is 18.0 Å². The van der Waals surface area contributed by atoms with E-state index >= 15 is 0 Å². The first-order chi connectivity index (χ1) is 8.89. The molecule has 0 amide bonds. The number of rotatable bonds is 3. The normalized spacial score (nSPS) is 13.2. The van der Waals surface area contributed by atoms with E-state index in [-0.39, 0.29) is 0 Å². The summed E-state index contributed by atoms with van der Waals surface area (Å²) in [5.41, 5.74) is 0.128. The topological polar surface area (TPSA) is 107 Å². The van der Waals surface area contributed by atoms with Crippen molar-refractivity contribution in [2.75, 3.05) is 0 Å². The molecular weight excluding hydrogens is 248 g/mol. The average Bonchev–Trinajstić information content (AvgIpc) is 2.81. The summed E-state index contributed by atoms with van der Waals surface area (Å²) in [4.78, 5) is 19.5. The van der Waals surface area contributed by atoms with Crippen LogP contribution >= 0.6 is 0 Å². The molecular formula is C11H14N6O2. The predicted octanol–water partition coefficient (Wildman–Crippen LogP) is 0.667. The quantitative estimate of drug-likeness (QED) is 0.866. The molecule has 0 aliphatic carbocycles. The Morgan fingerprint density at radius 2 is 1.95 bits per heavy atom. The lowest BCUT2D eigenvalue weighted by atomic mass is 9.77. The molecule has 0 fully saturated rings. The van der Waals surface area contributed by atoms with Gasteiger partial charge in [0.25, 0.3) is 5.95 Å². The number of nitrogens with zero attached hydrogens (tertiary/aromatic N) is 6. The number of hydrogen-bond donors (Lipinski definition) is 1. The largest absolute Gasteiger partial charge is 0.481 e. The molecule has 8 nitrogen and oxygen atoms in total.